The predicted molar refractivity (Wildman–Crippen MR) is 81.6 cm³/mol. The lowest BCUT2D eigenvalue weighted by atomic mass is 10.2. The molecular formula is C14H15N5S. The number of nitrogen functional groups attached to an aromatic ring is 1. The van der Waals surface area contributed by atoms with Gasteiger partial charge in [-0.25, -0.2) is 15.8 Å². The number of thiophene rings is 1. The molecule has 0 spiro atoms. The zero-order valence-electron chi connectivity index (χ0n) is 11.1. The molecule has 0 saturated carbocycles. The van der Waals surface area contributed by atoms with E-state index in [1.54, 1.807) is 17.5 Å². The van der Waals surface area contributed by atoms with Crippen LogP contribution in [-0.2, 0) is 12.8 Å². The Labute approximate surface area is 120 Å². The van der Waals surface area contributed by atoms with Gasteiger partial charge in [0, 0.05) is 16.8 Å². The Morgan fingerprint density at radius 1 is 1.30 bits per heavy atom. The SMILES string of the molecule is CCc1cc2c(NN)nc(Cc3ccccn3)nc2s1. The molecule has 0 aromatic carbocycles. The van der Waals surface area contributed by atoms with E-state index < -0.39 is 0 Å². The number of fused-ring (bicyclic) bond motifs is 1. The maximum absolute atomic E-state index is 5.58. The molecule has 0 aliphatic heterocycles. The minimum absolute atomic E-state index is 0.602. The second kappa shape index (κ2) is 5.52. The Balaban J connectivity index is 2.03. The fraction of sp³-hybridized carbons (Fsp3) is 0.214. The van der Waals surface area contributed by atoms with Crippen LogP contribution in [0.1, 0.15) is 23.3 Å². The number of hydrogen-bond donors (Lipinski definition) is 2. The van der Waals surface area contributed by atoms with E-state index in [9.17, 15) is 0 Å². The van der Waals surface area contributed by atoms with Gasteiger partial charge in [-0.1, -0.05) is 13.0 Å². The van der Waals surface area contributed by atoms with E-state index in [4.69, 9.17) is 5.84 Å². The molecule has 3 heterocycles. The van der Waals surface area contributed by atoms with Crippen molar-refractivity contribution in [3.05, 3.63) is 46.9 Å². The largest absolute Gasteiger partial charge is 0.308 e. The van der Waals surface area contributed by atoms with Crippen LogP contribution in [0.5, 0.6) is 0 Å². The van der Waals surface area contributed by atoms with Gasteiger partial charge in [-0.15, -0.1) is 11.3 Å². The molecule has 3 rings (SSSR count). The van der Waals surface area contributed by atoms with Gasteiger partial charge in [0.05, 0.1) is 11.8 Å². The Kier molecular flexibility index (Phi) is 3.58. The van der Waals surface area contributed by atoms with Crippen LogP contribution >= 0.6 is 11.3 Å². The zero-order valence-corrected chi connectivity index (χ0v) is 11.9. The molecule has 0 radical (unpaired) electrons. The first kappa shape index (κ1) is 13.0. The van der Waals surface area contributed by atoms with Crippen molar-refractivity contribution in [2.24, 2.45) is 5.84 Å². The average molecular weight is 285 g/mol. The number of aryl methyl sites for hydroxylation is 1. The zero-order chi connectivity index (χ0) is 13.9. The summed E-state index contributed by atoms with van der Waals surface area (Å²) >= 11 is 1.68. The average Bonchev–Trinajstić information content (AvgIpc) is 2.90. The number of nitrogens with one attached hydrogen (secondary N) is 1. The highest BCUT2D eigenvalue weighted by Crippen LogP contribution is 2.29. The van der Waals surface area contributed by atoms with Crippen molar-refractivity contribution in [1.29, 1.82) is 0 Å². The molecule has 0 unspecified atom stereocenters. The molecule has 20 heavy (non-hydrogen) atoms. The van der Waals surface area contributed by atoms with Crippen LogP contribution in [0.3, 0.4) is 0 Å². The van der Waals surface area contributed by atoms with Gasteiger partial charge in [0.25, 0.3) is 0 Å². The summed E-state index contributed by atoms with van der Waals surface area (Å²) in [6.07, 6.45) is 3.36. The van der Waals surface area contributed by atoms with Crippen LogP contribution < -0.4 is 11.3 Å². The van der Waals surface area contributed by atoms with E-state index >= 15 is 0 Å². The third-order valence-corrected chi connectivity index (χ3v) is 4.21. The van der Waals surface area contributed by atoms with Crippen LogP contribution in [-0.4, -0.2) is 15.0 Å². The van der Waals surface area contributed by atoms with Gasteiger partial charge in [-0.2, -0.15) is 0 Å². The molecule has 0 fully saturated rings. The molecule has 6 heteroatoms. The standard InChI is InChI=1S/C14H15N5S/c1-2-10-8-11-13(19-15)17-12(18-14(11)20-10)7-9-5-3-4-6-16-9/h3-6,8H,2,7,15H2,1H3,(H,17,18,19). The molecule has 3 N–H and O–H groups in total. The molecule has 0 atom stereocenters. The summed E-state index contributed by atoms with van der Waals surface area (Å²) in [4.78, 5) is 15.7. The molecule has 3 aromatic rings. The number of rotatable bonds is 4. The van der Waals surface area contributed by atoms with Gasteiger partial charge < -0.3 is 5.43 Å². The number of aromatic nitrogens is 3. The van der Waals surface area contributed by atoms with Crippen LogP contribution in [0.15, 0.2) is 30.5 Å². The van der Waals surface area contributed by atoms with Crippen LogP contribution in [0.2, 0.25) is 0 Å². The Bertz CT molecular complexity index is 723. The summed E-state index contributed by atoms with van der Waals surface area (Å²) in [6.45, 7) is 2.13. The van der Waals surface area contributed by atoms with Crippen molar-refractivity contribution >= 4 is 27.4 Å². The Hall–Kier alpha value is -2.05. The van der Waals surface area contributed by atoms with E-state index in [1.807, 2.05) is 18.2 Å². The first-order valence-electron chi connectivity index (χ1n) is 6.46. The van der Waals surface area contributed by atoms with E-state index in [0.717, 1.165) is 28.2 Å². The first-order chi connectivity index (χ1) is 9.80. The van der Waals surface area contributed by atoms with E-state index in [2.05, 4.69) is 33.4 Å². The maximum Gasteiger partial charge on any atom is 0.152 e. The molecular weight excluding hydrogens is 270 g/mol. The van der Waals surface area contributed by atoms with Crippen molar-refractivity contribution in [3.8, 4) is 0 Å². The van der Waals surface area contributed by atoms with Gasteiger partial charge in [0.2, 0.25) is 0 Å². The van der Waals surface area contributed by atoms with Gasteiger partial charge in [0.1, 0.15) is 10.7 Å². The van der Waals surface area contributed by atoms with Crippen molar-refractivity contribution in [2.45, 2.75) is 19.8 Å². The number of pyridine rings is 1. The first-order valence-corrected chi connectivity index (χ1v) is 7.27. The van der Waals surface area contributed by atoms with Crippen molar-refractivity contribution in [1.82, 2.24) is 15.0 Å². The summed E-state index contributed by atoms with van der Waals surface area (Å²) < 4.78 is 0. The number of nitrogens with two attached hydrogens (primary N) is 1. The Morgan fingerprint density at radius 3 is 2.90 bits per heavy atom. The van der Waals surface area contributed by atoms with Gasteiger partial charge in [-0.3, -0.25) is 4.98 Å². The lowest BCUT2D eigenvalue weighted by Gasteiger charge is -2.04. The van der Waals surface area contributed by atoms with Gasteiger partial charge >= 0.3 is 0 Å². The summed E-state index contributed by atoms with van der Waals surface area (Å²) in [7, 11) is 0. The summed E-state index contributed by atoms with van der Waals surface area (Å²) in [5, 5.41) is 0.985. The second-order valence-corrected chi connectivity index (χ2v) is 5.53. The lowest BCUT2D eigenvalue weighted by molar-refractivity contribution is 0.955. The maximum atomic E-state index is 5.58. The molecule has 0 amide bonds. The van der Waals surface area contributed by atoms with E-state index in [-0.39, 0.29) is 0 Å². The summed E-state index contributed by atoms with van der Waals surface area (Å²) in [5.74, 6) is 6.99. The molecule has 0 saturated heterocycles. The van der Waals surface area contributed by atoms with Crippen molar-refractivity contribution in [2.75, 3.05) is 5.43 Å². The smallest absolute Gasteiger partial charge is 0.152 e. The van der Waals surface area contributed by atoms with Crippen molar-refractivity contribution in [3.63, 3.8) is 0 Å². The van der Waals surface area contributed by atoms with Gasteiger partial charge in [0.15, 0.2) is 5.82 Å². The third-order valence-electron chi connectivity index (χ3n) is 3.04. The fourth-order valence-corrected chi connectivity index (χ4v) is 3.03. The monoisotopic (exact) mass is 285 g/mol. The fourth-order valence-electron chi connectivity index (χ4n) is 2.04. The lowest BCUT2D eigenvalue weighted by Crippen LogP contribution is -2.11. The minimum atomic E-state index is 0.602. The molecule has 3 aromatic heterocycles. The highest BCUT2D eigenvalue weighted by molar-refractivity contribution is 7.18. The quantitative estimate of drug-likeness (QED) is 0.569. The second-order valence-electron chi connectivity index (χ2n) is 4.42. The number of hydrazine groups is 1. The van der Waals surface area contributed by atoms with E-state index in [0.29, 0.717) is 12.2 Å². The molecule has 0 bridgehead atoms. The molecule has 102 valence electrons. The van der Waals surface area contributed by atoms with Crippen LogP contribution in [0.25, 0.3) is 10.2 Å². The topological polar surface area (TPSA) is 76.7 Å². The van der Waals surface area contributed by atoms with Crippen LogP contribution in [0, 0.1) is 0 Å². The normalized spacial score (nSPS) is 10.9. The summed E-state index contributed by atoms with van der Waals surface area (Å²) in [5.41, 5.74) is 3.62. The summed E-state index contributed by atoms with van der Waals surface area (Å²) in [6, 6.07) is 7.92. The molecule has 0 aliphatic carbocycles. The van der Waals surface area contributed by atoms with E-state index in [1.165, 1.54) is 4.88 Å². The number of anilines is 1. The van der Waals surface area contributed by atoms with Crippen LogP contribution in [0.4, 0.5) is 5.82 Å². The van der Waals surface area contributed by atoms with Gasteiger partial charge in [-0.05, 0) is 24.6 Å². The predicted octanol–water partition coefficient (Wildman–Crippen LogP) is 2.53. The minimum Gasteiger partial charge on any atom is -0.308 e. The molecule has 5 nitrogen and oxygen atoms in total. The molecule has 0 aliphatic rings. The van der Waals surface area contributed by atoms with Crippen molar-refractivity contribution < 1.29 is 0 Å². The highest BCUT2D eigenvalue weighted by Gasteiger charge is 2.11. The number of nitrogens with zero attached hydrogens (tertiary/aromatic N) is 3. The Morgan fingerprint density at radius 2 is 2.20 bits per heavy atom. The number of hydrogen-bond acceptors (Lipinski definition) is 6. The third kappa shape index (κ3) is 2.48. The highest BCUT2D eigenvalue weighted by atomic mass is 32.1.